The van der Waals surface area contributed by atoms with Gasteiger partial charge in [-0.25, -0.2) is 0 Å². The van der Waals surface area contributed by atoms with Crippen molar-refractivity contribution in [3.63, 3.8) is 0 Å². The highest BCUT2D eigenvalue weighted by Gasteiger charge is 2.38. The summed E-state index contributed by atoms with van der Waals surface area (Å²) in [4.78, 5) is 7.73. The third-order valence-electron chi connectivity index (χ3n) is 5.08. The largest absolute Gasteiger partial charge is 0.497 e. The fraction of sp³-hybridized carbons (Fsp3) is 0.667. The van der Waals surface area contributed by atoms with Gasteiger partial charge in [0.25, 0.3) is 0 Å². The molecule has 2 fully saturated rings. The lowest BCUT2D eigenvalue weighted by Crippen LogP contribution is -2.66. The molecule has 0 radical (unpaired) electrons. The smallest absolute Gasteiger partial charge is 0.119 e. The van der Waals surface area contributed by atoms with E-state index in [4.69, 9.17) is 4.74 Å². The van der Waals surface area contributed by atoms with Gasteiger partial charge in [-0.3, -0.25) is 9.80 Å². The normalized spacial score (nSPS) is 21.7. The van der Waals surface area contributed by atoms with Crippen LogP contribution in [0.4, 0.5) is 5.69 Å². The molecule has 122 valence electrons. The van der Waals surface area contributed by atoms with Gasteiger partial charge in [0.1, 0.15) is 5.75 Å². The van der Waals surface area contributed by atoms with Crippen molar-refractivity contribution in [1.29, 1.82) is 0 Å². The van der Waals surface area contributed by atoms with E-state index in [0.717, 1.165) is 24.9 Å². The van der Waals surface area contributed by atoms with Crippen LogP contribution in [-0.4, -0.2) is 67.8 Å². The van der Waals surface area contributed by atoms with E-state index in [1.54, 1.807) is 7.11 Å². The maximum atomic E-state index is 5.23. The summed E-state index contributed by atoms with van der Waals surface area (Å²) in [5, 5.41) is 0. The molecule has 22 heavy (non-hydrogen) atoms. The van der Waals surface area contributed by atoms with Crippen molar-refractivity contribution in [1.82, 2.24) is 9.80 Å². The van der Waals surface area contributed by atoms with E-state index in [1.807, 2.05) is 0 Å². The quantitative estimate of drug-likeness (QED) is 0.853. The second-order valence-corrected chi connectivity index (χ2v) is 7.45. The summed E-state index contributed by atoms with van der Waals surface area (Å²) in [6.07, 6.45) is 0. The van der Waals surface area contributed by atoms with Crippen LogP contribution < -0.4 is 9.64 Å². The summed E-state index contributed by atoms with van der Waals surface area (Å²) in [7, 11) is 1.72. The number of hydrogen-bond donors (Lipinski definition) is 0. The second-order valence-electron chi connectivity index (χ2n) is 7.45. The Bertz CT molecular complexity index is 480. The molecular weight excluding hydrogens is 274 g/mol. The molecule has 4 heteroatoms. The van der Waals surface area contributed by atoms with Crippen molar-refractivity contribution in [3.05, 3.63) is 24.3 Å². The number of methoxy groups -OCH3 is 1. The Morgan fingerprint density at radius 3 is 2.05 bits per heavy atom. The van der Waals surface area contributed by atoms with Crippen LogP contribution in [-0.2, 0) is 0 Å². The maximum Gasteiger partial charge on any atom is 0.119 e. The van der Waals surface area contributed by atoms with Gasteiger partial charge in [-0.05, 0) is 45.0 Å². The van der Waals surface area contributed by atoms with Crippen LogP contribution in [0.2, 0.25) is 0 Å². The molecule has 2 saturated heterocycles. The van der Waals surface area contributed by atoms with Crippen molar-refractivity contribution in [2.45, 2.75) is 32.4 Å². The number of hydrogen-bond acceptors (Lipinski definition) is 4. The number of anilines is 1. The van der Waals surface area contributed by atoms with Crippen molar-refractivity contribution in [3.8, 4) is 5.75 Å². The van der Waals surface area contributed by atoms with Crippen LogP contribution in [0.1, 0.15) is 20.8 Å². The molecule has 0 saturated carbocycles. The first-order valence-corrected chi connectivity index (χ1v) is 8.35. The highest BCUT2D eigenvalue weighted by atomic mass is 16.5. The first kappa shape index (κ1) is 15.6. The average molecular weight is 303 g/mol. The Morgan fingerprint density at radius 1 is 0.955 bits per heavy atom. The monoisotopic (exact) mass is 303 g/mol. The summed E-state index contributed by atoms with van der Waals surface area (Å²) in [6, 6.07) is 9.19. The molecule has 0 atom stereocenters. The van der Waals surface area contributed by atoms with Gasteiger partial charge >= 0.3 is 0 Å². The van der Waals surface area contributed by atoms with Crippen molar-refractivity contribution in [2.24, 2.45) is 0 Å². The Balaban J connectivity index is 1.49. The molecule has 2 heterocycles. The van der Waals surface area contributed by atoms with Crippen molar-refractivity contribution >= 4 is 5.69 Å². The van der Waals surface area contributed by atoms with Gasteiger partial charge in [0.15, 0.2) is 0 Å². The minimum Gasteiger partial charge on any atom is -0.497 e. The topological polar surface area (TPSA) is 19.0 Å². The average Bonchev–Trinajstić information content (AvgIpc) is 2.45. The van der Waals surface area contributed by atoms with Crippen LogP contribution >= 0.6 is 0 Å². The highest BCUT2D eigenvalue weighted by Crippen LogP contribution is 2.26. The van der Waals surface area contributed by atoms with Gasteiger partial charge in [0, 0.05) is 56.5 Å². The molecule has 1 aromatic rings. The van der Waals surface area contributed by atoms with E-state index >= 15 is 0 Å². The Kier molecular flexibility index (Phi) is 4.33. The molecule has 0 spiro atoms. The number of ether oxygens (including phenoxy) is 1. The summed E-state index contributed by atoms with van der Waals surface area (Å²) in [5.41, 5.74) is 1.63. The van der Waals surface area contributed by atoms with Gasteiger partial charge in [-0.15, -0.1) is 0 Å². The zero-order valence-corrected chi connectivity index (χ0v) is 14.4. The van der Waals surface area contributed by atoms with Gasteiger partial charge in [-0.1, -0.05) is 0 Å². The molecule has 4 nitrogen and oxygen atoms in total. The summed E-state index contributed by atoms with van der Waals surface area (Å²) in [6.45, 7) is 14.0. The summed E-state index contributed by atoms with van der Waals surface area (Å²) >= 11 is 0. The highest BCUT2D eigenvalue weighted by molar-refractivity contribution is 5.49. The Morgan fingerprint density at radius 2 is 1.55 bits per heavy atom. The number of likely N-dealkylation sites (tertiary alicyclic amines) is 1. The van der Waals surface area contributed by atoms with Crippen LogP contribution in [0.5, 0.6) is 5.75 Å². The van der Waals surface area contributed by atoms with Gasteiger partial charge in [0.2, 0.25) is 0 Å². The molecule has 1 aromatic carbocycles. The standard InChI is InChI=1S/C18H29N3O/c1-18(2,3)21-13-16(14-21)20-11-9-19(10-12-20)15-5-7-17(22-4)8-6-15/h5-8,16H,9-14H2,1-4H3. The molecule has 0 N–H and O–H groups in total. The molecule has 0 aliphatic carbocycles. The lowest BCUT2D eigenvalue weighted by Gasteiger charge is -2.53. The minimum absolute atomic E-state index is 0.321. The van der Waals surface area contributed by atoms with Gasteiger partial charge < -0.3 is 9.64 Å². The van der Waals surface area contributed by atoms with E-state index in [9.17, 15) is 0 Å². The van der Waals surface area contributed by atoms with Crippen LogP contribution in [0, 0.1) is 0 Å². The molecule has 0 aromatic heterocycles. The van der Waals surface area contributed by atoms with Crippen LogP contribution in [0.25, 0.3) is 0 Å². The van der Waals surface area contributed by atoms with E-state index < -0.39 is 0 Å². The van der Waals surface area contributed by atoms with Crippen LogP contribution in [0.15, 0.2) is 24.3 Å². The molecule has 0 bridgehead atoms. The lowest BCUT2D eigenvalue weighted by atomic mass is 9.96. The molecule has 2 aliphatic rings. The predicted molar refractivity (Wildman–Crippen MR) is 91.9 cm³/mol. The number of rotatable bonds is 3. The fourth-order valence-corrected chi connectivity index (χ4v) is 3.37. The molecule has 2 aliphatic heterocycles. The predicted octanol–water partition coefficient (Wildman–Crippen LogP) is 2.30. The van der Waals surface area contributed by atoms with E-state index in [-0.39, 0.29) is 0 Å². The third kappa shape index (κ3) is 3.23. The molecular formula is C18H29N3O. The van der Waals surface area contributed by atoms with Gasteiger partial charge in [-0.2, -0.15) is 0 Å². The zero-order valence-electron chi connectivity index (χ0n) is 14.4. The van der Waals surface area contributed by atoms with Gasteiger partial charge in [0.05, 0.1) is 7.11 Å². The molecule has 0 amide bonds. The van der Waals surface area contributed by atoms with Crippen molar-refractivity contribution < 1.29 is 4.74 Å². The number of piperazine rings is 1. The first-order chi connectivity index (χ1) is 10.5. The zero-order chi connectivity index (χ0) is 15.7. The van der Waals surface area contributed by atoms with Crippen LogP contribution in [0.3, 0.4) is 0 Å². The molecule has 3 rings (SSSR count). The lowest BCUT2D eigenvalue weighted by molar-refractivity contribution is -0.0237. The Labute approximate surface area is 134 Å². The Hall–Kier alpha value is -1.26. The fourth-order valence-electron chi connectivity index (χ4n) is 3.37. The number of benzene rings is 1. The molecule has 0 unspecified atom stereocenters. The summed E-state index contributed by atoms with van der Waals surface area (Å²) in [5.74, 6) is 0.930. The maximum absolute atomic E-state index is 5.23. The first-order valence-electron chi connectivity index (χ1n) is 8.35. The number of nitrogens with zero attached hydrogens (tertiary/aromatic N) is 3. The third-order valence-corrected chi connectivity index (χ3v) is 5.08. The van der Waals surface area contributed by atoms with E-state index in [2.05, 4.69) is 59.7 Å². The second kappa shape index (κ2) is 6.09. The van der Waals surface area contributed by atoms with E-state index in [0.29, 0.717) is 5.54 Å². The SMILES string of the molecule is COc1ccc(N2CCN(C3CN(C(C)(C)C)C3)CC2)cc1. The minimum atomic E-state index is 0.321. The van der Waals surface area contributed by atoms with E-state index in [1.165, 1.54) is 31.9 Å². The van der Waals surface area contributed by atoms with Crippen molar-refractivity contribution in [2.75, 3.05) is 51.3 Å². The summed E-state index contributed by atoms with van der Waals surface area (Å²) < 4.78 is 5.23.